The van der Waals surface area contributed by atoms with Crippen molar-refractivity contribution in [2.75, 3.05) is 24.7 Å². The summed E-state index contributed by atoms with van der Waals surface area (Å²) in [6.45, 7) is 0.102. The highest BCUT2D eigenvalue weighted by Gasteiger charge is 2.72. The van der Waals surface area contributed by atoms with Crippen LogP contribution in [0.2, 0.25) is 5.02 Å². The van der Waals surface area contributed by atoms with Crippen LogP contribution >= 0.6 is 23.4 Å². The van der Waals surface area contributed by atoms with Crippen LogP contribution in [0.5, 0.6) is 0 Å². The number of amides is 2. The molecule has 1 N–H and O–H groups in total. The molecule has 2 amide bonds. The third kappa shape index (κ3) is 3.73. The maximum atomic E-state index is 14.4. The lowest BCUT2D eigenvalue weighted by Gasteiger charge is -2.38. The third-order valence-electron chi connectivity index (χ3n) is 7.68. The number of hydrogen-bond acceptors (Lipinski definition) is 6. The molecule has 0 bridgehead atoms. The highest BCUT2D eigenvalue weighted by molar-refractivity contribution is 8.02. The van der Waals surface area contributed by atoms with Crippen LogP contribution in [0.3, 0.4) is 0 Å². The van der Waals surface area contributed by atoms with Gasteiger partial charge in [0, 0.05) is 22.5 Å². The predicted molar refractivity (Wildman–Crippen MR) is 141 cm³/mol. The van der Waals surface area contributed by atoms with Gasteiger partial charge in [0.15, 0.2) is 0 Å². The summed E-state index contributed by atoms with van der Waals surface area (Å²) in [7, 11) is 0. The van der Waals surface area contributed by atoms with Gasteiger partial charge in [-0.05, 0) is 29.8 Å². The predicted octanol–water partition coefficient (Wildman–Crippen LogP) is 3.39. The first-order valence-electron chi connectivity index (χ1n) is 12.2. The Labute approximate surface area is 223 Å². The molecule has 0 aromatic heterocycles. The van der Waals surface area contributed by atoms with Gasteiger partial charge in [-0.1, -0.05) is 66.2 Å². The van der Waals surface area contributed by atoms with Gasteiger partial charge in [-0.2, -0.15) is 0 Å². The largest absolute Gasteiger partial charge is 0.461 e. The monoisotopic (exact) mass is 536 g/mol. The second-order valence-electron chi connectivity index (χ2n) is 9.58. The van der Waals surface area contributed by atoms with Crippen molar-refractivity contribution in [1.29, 1.82) is 0 Å². The summed E-state index contributed by atoms with van der Waals surface area (Å²) in [5, 5.41) is 10.8. The van der Waals surface area contributed by atoms with Crippen molar-refractivity contribution in [1.82, 2.24) is 4.90 Å². The summed E-state index contributed by atoms with van der Waals surface area (Å²) >= 11 is 7.57. The summed E-state index contributed by atoms with van der Waals surface area (Å²) < 4.78 is 4.43. The van der Waals surface area contributed by atoms with Crippen LogP contribution in [0.1, 0.15) is 11.6 Å². The molecule has 2 saturated heterocycles. The van der Waals surface area contributed by atoms with E-state index in [9.17, 15) is 19.5 Å². The Morgan fingerprint density at radius 3 is 2.54 bits per heavy atom. The van der Waals surface area contributed by atoms with Crippen LogP contribution < -0.4 is 4.90 Å². The number of fused-ring (bicyclic) bond motifs is 2. The molecule has 190 valence electrons. The lowest BCUT2D eigenvalue weighted by Crippen LogP contribution is -2.54. The van der Waals surface area contributed by atoms with E-state index in [-0.39, 0.29) is 30.3 Å². The van der Waals surface area contributed by atoms with Crippen molar-refractivity contribution in [2.45, 2.75) is 22.1 Å². The van der Waals surface area contributed by atoms with Gasteiger partial charge < -0.3 is 19.6 Å². The highest BCUT2D eigenvalue weighted by Crippen LogP contribution is 2.62. The minimum Gasteiger partial charge on any atom is -0.461 e. The van der Waals surface area contributed by atoms with Crippen LogP contribution in [0.25, 0.3) is 0 Å². The highest BCUT2D eigenvalue weighted by atomic mass is 35.5. The number of benzene rings is 2. The topological polar surface area (TPSA) is 87.2 Å². The number of hydrogen-bond donors (Lipinski definition) is 1. The molecule has 2 fully saturated rings. The van der Waals surface area contributed by atoms with E-state index in [1.54, 1.807) is 35.2 Å². The molecule has 6 atom stereocenters. The molecule has 0 aliphatic carbocycles. The number of ether oxygens (including phenoxy) is 1. The smallest absolute Gasteiger partial charge is 0.311 e. The van der Waals surface area contributed by atoms with Gasteiger partial charge in [-0.15, -0.1) is 11.8 Å². The second kappa shape index (κ2) is 9.35. The molecule has 4 aliphatic rings. The Bertz CT molecular complexity index is 1300. The van der Waals surface area contributed by atoms with E-state index in [4.69, 9.17) is 16.3 Å². The number of rotatable bonds is 4. The number of cyclic esters (lactones) is 1. The maximum absolute atomic E-state index is 14.4. The molecule has 1 unspecified atom stereocenters. The molecule has 0 radical (unpaired) electrons. The normalized spacial score (nSPS) is 31.4. The summed E-state index contributed by atoms with van der Waals surface area (Å²) in [6.07, 6.45) is 7.56. The van der Waals surface area contributed by atoms with E-state index in [0.29, 0.717) is 17.3 Å². The summed E-state index contributed by atoms with van der Waals surface area (Å²) in [5.41, 5.74) is 1.38. The minimum absolute atomic E-state index is 0.163. The first-order valence-corrected chi connectivity index (χ1v) is 13.5. The number of halogens is 1. The zero-order chi connectivity index (χ0) is 25.7. The minimum atomic E-state index is -0.992. The molecule has 2 aromatic rings. The molecule has 4 heterocycles. The number of carbonyl (C=O) groups excluding carboxylic acids is 3. The van der Waals surface area contributed by atoms with Crippen molar-refractivity contribution < 1.29 is 24.2 Å². The number of aliphatic hydroxyl groups is 1. The van der Waals surface area contributed by atoms with Gasteiger partial charge >= 0.3 is 5.97 Å². The van der Waals surface area contributed by atoms with Crippen LogP contribution in [-0.2, 0) is 19.1 Å². The van der Waals surface area contributed by atoms with E-state index in [1.807, 2.05) is 48.6 Å². The van der Waals surface area contributed by atoms with E-state index in [2.05, 4.69) is 0 Å². The van der Waals surface area contributed by atoms with E-state index >= 15 is 0 Å². The standard InChI is InChI=1S/C28H25ClN2O5S/c29-18-9-11-19(12-10-18)30-14-5-13-28-23(22-21(37-28)8-4-15-36-27(22)35)25(33)31(24(28)26(30)34)20(16-32)17-6-2-1-3-7-17/h1-13,20-24,32H,14-16H2/t20-,21+,22-,23+,24?,28+/m1/s1. The van der Waals surface area contributed by atoms with Gasteiger partial charge in [-0.3, -0.25) is 14.4 Å². The number of thioether (sulfide) groups is 1. The molecule has 2 aromatic carbocycles. The Balaban J connectivity index is 1.51. The van der Waals surface area contributed by atoms with E-state index in [1.165, 1.54) is 16.7 Å². The maximum Gasteiger partial charge on any atom is 0.311 e. The van der Waals surface area contributed by atoms with Gasteiger partial charge in [0.05, 0.1) is 29.2 Å². The Morgan fingerprint density at radius 1 is 1.05 bits per heavy atom. The van der Waals surface area contributed by atoms with Gasteiger partial charge in [0.2, 0.25) is 5.91 Å². The Morgan fingerprint density at radius 2 is 1.81 bits per heavy atom. The average molecular weight is 537 g/mol. The average Bonchev–Trinajstić information content (AvgIpc) is 3.20. The van der Waals surface area contributed by atoms with Crippen LogP contribution in [0.4, 0.5) is 5.69 Å². The van der Waals surface area contributed by atoms with Crippen molar-refractivity contribution in [3.63, 3.8) is 0 Å². The number of nitrogens with zero attached hydrogens (tertiary/aromatic N) is 2. The van der Waals surface area contributed by atoms with Crippen molar-refractivity contribution in [3.05, 3.63) is 89.5 Å². The van der Waals surface area contributed by atoms with Crippen molar-refractivity contribution in [2.24, 2.45) is 11.8 Å². The fraction of sp³-hybridized carbons (Fsp3) is 0.321. The lowest BCUT2D eigenvalue weighted by molar-refractivity contribution is -0.152. The van der Waals surface area contributed by atoms with Gasteiger partial charge in [0.25, 0.3) is 5.91 Å². The second-order valence-corrected chi connectivity index (χ2v) is 11.5. The molecule has 6 rings (SSSR count). The fourth-order valence-corrected chi connectivity index (χ4v) is 8.24. The number of anilines is 1. The van der Waals surface area contributed by atoms with E-state index in [0.717, 1.165) is 5.56 Å². The quantitative estimate of drug-likeness (QED) is 0.476. The van der Waals surface area contributed by atoms with Gasteiger partial charge in [-0.25, -0.2) is 0 Å². The molecule has 9 heteroatoms. The first kappa shape index (κ1) is 24.3. The summed E-state index contributed by atoms with van der Waals surface area (Å²) in [6, 6.07) is 14.5. The van der Waals surface area contributed by atoms with Crippen LogP contribution in [0.15, 0.2) is 78.9 Å². The lowest BCUT2D eigenvalue weighted by atomic mass is 9.78. The molecule has 7 nitrogen and oxygen atoms in total. The number of carbonyl (C=O) groups is 3. The molecule has 37 heavy (non-hydrogen) atoms. The zero-order valence-corrected chi connectivity index (χ0v) is 21.3. The SMILES string of the molecule is O=C1OCC=C[C@@H]2S[C@]34C=CCN(c5ccc(Cl)cc5)C(=O)C3N([C@H](CO)c3ccccc3)C(=O)[C@@H]4[C@H]12. The number of aliphatic hydroxyl groups excluding tert-OH is 1. The Hall–Kier alpha value is -3.07. The van der Waals surface area contributed by atoms with Crippen LogP contribution in [-0.4, -0.2) is 63.6 Å². The molecular weight excluding hydrogens is 512 g/mol. The molecular formula is C28H25ClN2O5S. The van der Waals surface area contributed by atoms with Crippen molar-refractivity contribution in [3.8, 4) is 0 Å². The fourth-order valence-electron chi connectivity index (χ4n) is 6.13. The molecule has 1 spiro atoms. The van der Waals surface area contributed by atoms with E-state index < -0.39 is 34.6 Å². The summed E-state index contributed by atoms with van der Waals surface area (Å²) in [5.74, 6) is -2.54. The van der Waals surface area contributed by atoms with Crippen LogP contribution in [0, 0.1) is 11.8 Å². The van der Waals surface area contributed by atoms with Gasteiger partial charge in [0.1, 0.15) is 12.6 Å². The Kier molecular flexibility index (Phi) is 6.13. The molecule has 0 saturated carbocycles. The number of esters is 1. The zero-order valence-electron chi connectivity index (χ0n) is 19.8. The van der Waals surface area contributed by atoms with Crippen molar-refractivity contribution >= 4 is 46.8 Å². The molecule has 4 aliphatic heterocycles. The first-order chi connectivity index (χ1) is 18.0. The number of likely N-dealkylation sites (tertiary alicyclic amines) is 1. The third-order valence-corrected chi connectivity index (χ3v) is 9.68. The summed E-state index contributed by atoms with van der Waals surface area (Å²) in [4.78, 5) is 45.1.